The third-order valence-corrected chi connectivity index (χ3v) is 4.80. The Kier molecular flexibility index (Phi) is 3.36. The minimum absolute atomic E-state index is 0.183. The predicted octanol–water partition coefficient (Wildman–Crippen LogP) is 3.56. The number of aryl methyl sites for hydroxylation is 1. The van der Waals surface area contributed by atoms with Gasteiger partial charge in [0.15, 0.2) is 0 Å². The van der Waals surface area contributed by atoms with Crippen molar-refractivity contribution >= 4 is 11.3 Å². The third kappa shape index (κ3) is 2.46. The molecule has 1 aromatic heterocycles. The van der Waals surface area contributed by atoms with Crippen LogP contribution in [0.1, 0.15) is 61.7 Å². The molecule has 0 aliphatic carbocycles. The monoisotopic (exact) mass is 238 g/mol. The van der Waals surface area contributed by atoms with Gasteiger partial charge in [0.25, 0.3) is 0 Å². The fraction of sp³-hybridized carbons (Fsp3) is 0.769. The Morgan fingerprint density at radius 2 is 2.06 bits per heavy atom. The Bertz CT molecular complexity index is 356. The van der Waals surface area contributed by atoms with E-state index in [4.69, 9.17) is 4.98 Å². The molecule has 0 bridgehead atoms. The standard InChI is InChI=1S/C13H22N2S/c1-9-11(10-7-5-6-8-14-10)16-12(15-9)13(2,3)4/h10,14H,5-8H2,1-4H3. The average molecular weight is 238 g/mol. The second-order valence-corrected chi connectivity index (χ2v) is 6.75. The van der Waals surface area contributed by atoms with E-state index in [1.54, 1.807) is 0 Å². The van der Waals surface area contributed by atoms with E-state index in [9.17, 15) is 0 Å². The molecule has 90 valence electrons. The molecular formula is C13H22N2S. The number of piperidine rings is 1. The van der Waals surface area contributed by atoms with Crippen molar-refractivity contribution in [1.29, 1.82) is 0 Å². The van der Waals surface area contributed by atoms with Crippen LogP contribution in [0.5, 0.6) is 0 Å². The fourth-order valence-corrected chi connectivity index (χ4v) is 3.36. The highest BCUT2D eigenvalue weighted by atomic mass is 32.1. The van der Waals surface area contributed by atoms with Crippen molar-refractivity contribution in [2.75, 3.05) is 6.54 Å². The van der Waals surface area contributed by atoms with Crippen molar-refractivity contribution < 1.29 is 0 Å². The van der Waals surface area contributed by atoms with Gasteiger partial charge in [-0.25, -0.2) is 4.98 Å². The summed E-state index contributed by atoms with van der Waals surface area (Å²) in [6, 6.07) is 0.558. The summed E-state index contributed by atoms with van der Waals surface area (Å²) in [5.41, 5.74) is 1.41. The lowest BCUT2D eigenvalue weighted by atomic mass is 9.98. The first-order chi connectivity index (χ1) is 7.48. The SMILES string of the molecule is Cc1nc(C(C)(C)C)sc1C1CCCCN1. The highest BCUT2D eigenvalue weighted by molar-refractivity contribution is 7.12. The Morgan fingerprint density at radius 1 is 1.31 bits per heavy atom. The number of hydrogen-bond acceptors (Lipinski definition) is 3. The first-order valence-electron chi connectivity index (χ1n) is 6.19. The molecule has 1 aromatic rings. The van der Waals surface area contributed by atoms with Crippen molar-refractivity contribution in [3.05, 3.63) is 15.6 Å². The second-order valence-electron chi connectivity index (χ2n) is 5.72. The van der Waals surface area contributed by atoms with E-state index in [0.717, 1.165) is 6.54 Å². The van der Waals surface area contributed by atoms with Crippen LogP contribution in [0.4, 0.5) is 0 Å². The number of thiazole rings is 1. The Morgan fingerprint density at radius 3 is 2.56 bits per heavy atom. The van der Waals surface area contributed by atoms with Crippen molar-refractivity contribution in [2.24, 2.45) is 0 Å². The first-order valence-corrected chi connectivity index (χ1v) is 7.01. The van der Waals surface area contributed by atoms with Crippen LogP contribution in [0.15, 0.2) is 0 Å². The second kappa shape index (κ2) is 4.46. The third-order valence-electron chi connectivity index (χ3n) is 3.10. The Hall–Kier alpha value is -0.410. The normalized spacial score (nSPS) is 22.4. The lowest BCUT2D eigenvalue weighted by Gasteiger charge is -2.22. The zero-order chi connectivity index (χ0) is 11.8. The van der Waals surface area contributed by atoms with Crippen LogP contribution in [0.3, 0.4) is 0 Å². The summed E-state index contributed by atoms with van der Waals surface area (Å²) in [6.07, 6.45) is 3.94. The van der Waals surface area contributed by atoms with Crippen LogP contribution in [0, 0.1) is 6.92 Å². The molecule has 0 spiro atoms. The molecule has 2 heterocycles. The van der Waals surface area contributed by atoms with Gasteiger partial charge in [-0.05, 0) is 26.3 Å². The highest BCUT2D eigenvalue weighted by Crippen LogP contribution is 2.35. The molecule has 1 fully saturated rings. The fourth-order valence-electron chi connectivity index (χ4n) is 2.13. The molecule has 1 atom stereocenters. The summed E-state index contributed by atoms with van der Waals surface area (Å²) < 4.78 is 0. The van der Waals surface area contributed by atoms with Gasteiger partial charge in [0, 0.05) is 16.3 Å². The van der Waals surface area contributed by atoms with Gasteiger partial charge in [-0.1, -0.05) is 27.2 Å². The van der Waals surface area contributed by atoms with E-state index in [-0.39, 0.29) is 5.41 Å². The lowest BCUT2D eigenvalue weighted by molar-refractivity contribution is 0.415. The molecule has 1 unspecified atom stereocenters. The Labute approximate surface area is 102 Å². The molecule has 16 heavy (non-hydrogen) atoms. The van der Waals surface area contributed by atoms with Crippen molar-refractivity contribution in [2.45, 2.75) is 58.4 Å². The number of nitrogens with zero attached hydrogens (tertiary/aromatic N) is 1. The molecule has 0 aromatic carbocycles. The molecular weight excluding hydrogens is 216 g/mol. The van der Waals surface area contributed by atoms with Crippen LogP contribution in [-0.2, 0) is 5.41 Å². The molecule has 0 radical (unpaired) electrons. The minimum Gasteiger partial charge on any atom is -0.309 e. The van der Waals surface area contributed by atoms with E-state index >= 15 is 0 Å². The van der Waals surface area contributed by atoms with Gasteiger partial charge < -0.3 is 5.32 Å². The molecule has 2 nitrogen and oxygen atoms in total. The van der Waals surface area contributed by atoms with Gasteiger partial charge in [0.05, 0.1) is 10.7 Å². The molecule has 1 aliphatic heterocycles. The zero-order valence-corrected chi connectivity index (χ0v) is 11.6. The number of aromatic nitrogens is 1. The number of rotatable bonds is 1. The molecule has 2 rings (SSSR count). The van der Waals surface area contributed by atoms with Crippen molar-refractivity contribution in [1.82, 2.24) is 10.3 Å². The predicted molar refractivity (Wildman–Crippen MR) is 70.1 cm³/mol. The number of hydrogen-bond donors (Lipinski definition) is 1. The maximum Gasteiger partial charge on any atom is 0.0985 e. The van der Waals surface area contributed by atoms with Crippen LogP contribution in [0.25, 0.3) is 0 Å². The maximum absolute atomic E-state index is 4.74. The Balaban J connectivity index is 2.24. The molecule has 1 aliphatic rings. The van der Waals surface area contributed by atoms with Crippen LogP contribution in [0.2, 0.25) is 0 Å². The van der Waals surface area contributed by atoms with E-state index in [1.165, 1.54) is 34.8 Å². The zero-order valence-electron chi connectivity index (χ0n) is 10.8. The summed E-state index contributed by atoms with van der Waals surface area (Å²) in [4.78, 5) is 6.20. The number of nitrogens with one attached hydrogen (secondary N) is 1. The molecule has 1 N–H and O–H groups in total. The molecule has 3 heteroatoms. The molecule has 0 saturated carbocycles. The minimum atomic E-state index is 0.183. The first kappa shape index (κ1) is 12.1. The van der Waals surface area contributed by atoms with Gasteiger partial charge >= 0.3 is 0 Å². The summed E-state index contributed by atoms with van der Waals surface area (Å²) >= 11 is 1.90. The van der Waals surface area contributed by atoms with Gasteiger partial charge in [0.2, 0.25) is 0 Å². The highest BCUT2D eigenvalue weighted by Gasteiger charge is 2.24. The lowest BCUT2D eigenvalue weighted by Crippen LogP contribution is -2.26. The topological polar surface area (TPSA) is 24.9 Å². The van der Waals surface area contributed by atoms with E-state index in [2.05, 4.69) is 33.0 Å². The van der Waals surface area contributed by atoms with Gasteiger partial charge in [-0.15, -0.1) is 11.3 Å². The van der Waals surface area contributed by atoms with E-state index < -0.39 is 0 Å². The average Bonchev–Trinajstić information content (AvgIpc) is 2.61. The smallest absolute Gasteiger partial charge is 0.0985 e. The molecule has 0 amide bonds. The van der Waals surface area contributed by atoms with Gasteiger partial charge in [-0.2, -0.15) is 0 Å². The van der Waals surface area contributed by atoms with Crippen LogP contribution >= 0.6 is 11.3 Å². The van der Waals surface area contributed by atoms with Gasteiger partial charge in [0.1, 0.15) is 0 Å². The van der Waals surface area contributed by atoms with E-state index in [0.29, 0.717) is 6.04 Å². The maximum atomic E-state index is 4.74. The summed E-state index contributed by atoms with van der Waals surface area (Å²) in [6.45, 7) is 10.0. The van der Waals surface area contributed by atoms with E-state index in [1.807, 2.05) is 11.3 Å². The van der Waals surface area contributed by atoms with Gasteiger partial charge in [-0.3, -0.25) is 0 Å². The summed E-state index contributed by atoms with van der Waals surface area (Å²) in [5.74, 6) is 0. The largest absolute Gasteiger partial charge is 0.309 e. The van der Waals surface area contributed by atoms with Crippen LogP contribution < -0.4 is 5.32 Å². The van der Waals surface area contributed by atoms with Crippen LogP contribution in [-0.4, -0.2) is 11.5 Å². The summed E-state index contributed by atoms with van der Waals surface area (Å²) in [5, 5.41) is 4.88. The summed E-state index contributed by atoms with van der Waals surface area (Å²) in [7, 11) is 0. The van der Waals surface area contributed by atoms with Crippen molar-refractivity contribution in [3.8, 4) is 0 Å². The molecule has 1 saturated heterocycles. The quantitative estimate of drug-likeness (QED) is 0.809. The van der Waals surface area contributed by atoms with Crippen molar-refractivity contribution in [3.63, 3.8) is 0 Å².